The maximum Gasteiger partial charge on any atom is 0.306 e. The van der Waals surface area contributed by atoms with Gasteiger partial charge in [0.25, 0.3) is 0 Å². The number of hydrogen-bond acceptors (Lipinski definition) is 4. The molecule has 2 rings (SSSR count). The predicted molar refractivity (Wildman–Crippen MR) is 50.1 cm³/mol. The Morgan fingerprint density at radius 2 is 2.47 bits per heavy atom. The minimum Gasteiger partial charge on any atom is -0.481 e. The van der Waals surface area contributed by atoms with Crippen LogP contribution in [-0.2, 0) is 16.1 Å². The molecule has 1 N–H and O–H groups in total. The maximum atomic E-state index is 10.6. The van der Waals surface area contributed by atoms with Crippen molar-refractivity contribution in [2.75, 3.05) is 7.11 Å². The molecule has 0 spiro atoms. The number of methoxy groups -OCH3 is 1. The first-order valence-corrected chi connectivity index (χ1v) is 4.83. The lowest BCUT2D eigenvalue weighted by molar-refractivity contribution is -0.146. The van der Waals surface area contributed by atoms with Crippen molar-refractivity contribution in [2.24, 2.45) is 5.92 Å². The van der Waals surface area contributed by atoms with Gasteiger partial charge >= 0.3 is 5.97 Å². The van der Waals surface area contributed by atoms with Gasteiger partial charge in [0.2, 0.25) is 0 Å². The van der Waals surface area contributed by atoms with Gasteiger partial charge < -0.3 is 9.84 Å². The summed E-state index contributed by atoms with van der Waals surface area (Å²) in [6.07, 6.45) is 3.10. The Bertz CT molecular complexity index is 357. The van der Waals surface area contributed by atoms with Gasteiger partial charge in [0.15, 0.2) is 0 Å². The molecule has 0 bridgehead atoms. The number of aromatic nitrogens is 3. The Labute approximate surface area is 86.8 Å². The van der Waals surface area contributed by atoms with Crippen LogP contribution in [-0.4, -0.2) is 33.2 Å². The third-order valence-corrected chi connectivity index (χ3v) is 2.69. The summed E-state index contributed by atoms with van der Waals surface area (Å²) < 4.78 is 6.65. The van der Waals surface area contributed by atoms with Gasteiger partial charge in [-0.25, -0.2) is 4.68 Å². The molecule has 6 heteroatoms. The molecule has 0 atom stereocenters. The molecule has 1 aliphatic rings. The number of carboxylic acid groups (broad SMARTS) is 1. The fraction of sp³-hybridized carbons (Fsp3) is 0.667. The monoisotopic (exact) mass is 211 g/mol. The molecule has 1 fully saturated rings. The third-order valence-electron chi connectivity index (χ3n) is 2.69. The zero-order chi connectivity index (χ0) is 10.8. The molecule has 0 amide bonds. The van der Waals surface area contributed by atoms with Crippen molar-refractivity contribution in [2.45, 2.75) is 25.5 Å². The van der Waals surface area contributed by atoms with Gasteiger partial charge in [-0.2, -0.15) is 0 Å². The van der Waals surface area contributed by atoms with E-state index in [4.69, 9.17) is 9.84 Å². The number of carboxylic acids is 1. The molecule has 0 aliphatic heterocycles. The van der Waals surface area contributed by atoms with Gasteiger partial charge in [-0.15, -0.1) is 5.10 Å². The van der Waals surface area contributed by atoms with E-state index in [1.807, 2.05) is 6.20 Å². The summed E-state index contributed by atoms with van der Waals surface area (Å²) in [6, 6.07) is 0.184. The van der Waals surface area contributed by atoms with Gasteiger partial charge in [-0.3, -0.25) is 4.79 Å². The van der Waals surface area contributed by atoms with Gasteiger partial charge in [0.05, 0.1) is 24.8 Å². The number of aliphatic carboxylic acids is 1. The molecule has 1 aliphatic carbocycles. The summed E-state index contributed by atoms with van der Waals surface area (Å²) in [7, 11) is 1.60. The van der Waals surface area contributed by atoms with Gasteiger partial charge in [0, 0.05) is 7.11 Å². The highest BCUT2D eigenvalue weighted by Gasteiger charge is 2.36. The van der Waals surface area contributed by atoms with E-state index in [2.05, 4.69) is 10.3 Å². The Hall–Kier alpha value is -1.43. The second-order valence-electron chi connectivity index (χ2n) is 3.78. The van der Waals surface area contributed by atoms with Crippen LogP contribution in [0.5, 0.6) is 0 Å². The highest BCUT2D eigenvalue weighted by Crippen LogP contribution is 2.37. The van der Waals surface area contributed by atoms with E-state index in [0.717, 1.165) is 5.69 Å². The largest absolute Gasteiger partial charge is 0.481 e. The van der Waals surface area contributed by atoms with E-state index in [9.17, 15) is 4.79 Å². The molecule has 0 saturated heterocycles. The van der Waals surface area contributed by atoms with Gasteiger partial charge in [-0.1, -0.05) is 5.21 Å². The van der Waals surface area contributed by atoms with E-state index in [-0.39, 0.29) is 12.0 Å². The normalized spacial score (nSPS) is 24.9. The molecule has 82 valence electrons. The summed E-state index contributed by atoms with van der Waals surface area (Å²) >= 11 is 0. The molecule has 1 saturated carbocycles. The number of ether oxygens (including phenoxy) is 1. The van der Waals surface area contributed by atoms with Crippen LogP contribution in [0.4, 0.5) is 0 Å². The van der Waals surface area contributed by atoms with Crippen molar-refractivity contribution in [1.29, 1.82) is 0 Å². The van der Waals surface area contributed by atoms with Crippen LogP contribution in [0.25, 0.3) is 0 Å². The molecule has 6 nitrogen and oxygen atoms in total. The summed E-state index contributed by atoms with van der Waals surface area (Å²) in [5.74, 6) is -0.937. The van der Waals surface area contributed by atoms with Crippen molar-refractivity contribution in [3.63, 3.8) is 0 Å². The topological polar surface area (TPSA) is 77.2 Å². The van der Waals surface area contributed by atoms with Crippen molar-refractivity contribution in [3.05, 3.63) is 11.9 Å². The predicted octanol–water partition coefficient (Wildman–Crippen LogP) is 0.460. The zero-order valence-corrected chi connectivity index (χ0v) is 8.46. The van der Waals surface area contributed by atoms with E-state index in [0.29, 0.717) is 19.4 Å². The molecule has 1 aromatic rings. The van der Waals surface area contributed by atoms with Crippen LogP contribution in [0.1, 0.15) is 24.6 Å². The van der Waals surface area contributed by atoms with Gasteiger partial charge in [0.1, 0.15) is 5.69 Å². The van der Waals surface area contributed by atoms with Crippen LogP contribution >= 0.6 is 0 Å². The van der Waals surface area contributed by atoms with Crippen molar-refractivity contribution in [3.8, 4) is 0 Å². The number of carbonyl (C=O) groups is 1. The molecule has 1 aromatic heterocycles. The van der Waals surface area contributed by atoms with E-state index >= 15 is 0 Å². The third kappa shape index (κ3) is 1.99. The fourth-order valence-corrected chi connectivity index (χ4v) is 1.71. The first kappa shape index (κ1) is 10.1. The Balaban J connectivity index is 1.92. The first-order valence-electron chi connectivity index (χ1n) is 4.83. The Morgan fingerprint density at radius 3 is 3.07 bits per heavy atom. The van der Waals surface area contributed by atoms with E-state index < -0.39 is 5.97 Å². The lowest BCUT2D eigenvalue weighted by Gasteiger charge is -2.31. The summed E-state index contributed by atoms with van der Waals surface area (Å²) in [6.45, 7) is 0.440. The quantitative estimate of drug-likeness (QED) is 0.782. The summed E-state index contributed by atoms with van der Waals surface area (Å²) in [4.78, 5) is 10.6. The molecule has 0 unspecified atom stereocenters. The van der Waals surface area contributed by atoms with Crippen LogP contribution < -0.4 is 0 Å². The molecule has 1 heterocycles. The van der Waals surface area contributed by atoms with Crippen molar-refractivity contribution >= 4 is 5.97 Å². The number of nitrogens with zero attached hydrogens (tertiary/aromatic N) is 3. The van der Waals surface area contributed by atoms with Crippen LogP contribution in [0.2, 0.25) is 0 Å². The highest BCUT2D eigenvalue weighted by atomic mass is 16.5. The number of hydrogen-bond donors (Lipinski definition) is 1. The highest BCUT2D eigenvalue weighted by molar-refractivity contribution is 5.71. The lowest BCUT2D eigenvalue weighted by Crippen LogP contribution is -2.32. The van der Waals surface area contributed by atoms with Crippen molar-refractivity contribution < 1.29 is 14.6 Å². The Morgan fingerprint density at radius 1 is 1.73 bits per heavy atom. The standard InChI is InChI=1S/C9H13N3O3/c1-15-5-7-4-12(11-10-7)8-2-6(3-8)9(13)14/h4,6,8H,2-3,5H2,1H3,(H,13,14). The first-order chi connectivity index (χ1) is 7.20. The molecular weight excluding hydrogens is 198 g/mol. The summed E-state index contributed by atoms with van der Waals surface area (Å²) in [5, 5.41) is 16.6. The zero-order valence-electron chi connectivity index (χ0n) is 8.46. The van der Waals surface area contributed by atoms with E-state index in [1.54, 1.807) is 11.8 Å². The SMILES string of the molecule is COCc1cn(C2CC(C(=O)O)C2)nn1. The average Bonchev–Trinajstić information content (AvgIpc) is 2.50. The minimum absolute atomic E-state index is 0.184. The van der Waals surface area contributed by atoms with E-state index in [1.165, 1.54) is 0 Å². The van der Waals surface area contributed by atoms with Crippen molar-refractivity contribution in [1.82, 2.24) is 15.0 Å². The number of rotatable bonds is 4. The van der Waals surface area contributed by atoms with Crippen LogP contribution in [0.3, 0.4) is 0 Å². The van der Waals surface area contributed by atoms with Gasteiger partial charge in [-0.05, 0) is 12.8 Å². The maximum absolute atomic E-state index is 10.6. The molecule has 15 heavy (non-hydrogen) atoms. The average molecular weight is 211 g/mol. The minimum atomic E-state index is -0.719. The summed E-state index contributed by atoms with van der Waals surface area (Å²) in [5.41, 5.74) is 0.774. The smallest absolute Gasteiger partial charge is 0.306 e. The van der Waals surface area contributed by atoms with Crippen LogP contribution in [0.15, 0.2) is 6.20 Å². The second-order valence-corrected chi connectivity index (χ2v) is 3.78. The molecular formula is C9H13N3O3. The lowest BCUT2D eigenvalue weighted by atomic mass is 9.80. The Kier molecular flexibility index (Phi) is 2.68. The molecule has 0 radical (unpaired) electrons. The van der Waals surface area contributed by atoms with Crippen LogP contribution in [0, 0.1) is 5.92 Å². The second kappa shape index (κ2) is 3.98. The molecule has 0 aromatic carbocycles. The fourth-order valence-electron chi connectivity index (χ4n) is 1.71.